The number of carbonyl (C=O) groups is 1. The van der Waals surface area contributed by atoms with Crippen molar-refractivity contribution >= 4 is 22.0 Å². The number of benzene rings is 1. The van der Waals surface area contributed by atoms with Crippen LogP contribution in [0.3, 0.4) is 0 Å². The quantitative estimate of drug-likeness (QED) is 0.686. The van der Waals surface area contributed by atoms with Crippen LogP contribution in [0.25, 0.3) is 6.08 Å². The summed E-state index contributed by atoms with van der Waals surface area (Å²) in [6, 6.07) is 9.57. The molecule has 22 heavy (non-hydrogen) atoms. The molecule has 0 saturated heterocycles. The van der Waals surface area contributed by atoms with Gasteiger partial charge in [0, 0.05) is 5.57 Å². The Bertz CT molecular complexity index is 746. The summed E-state index contributed by atoms with van der Waals surface area (Å²) < 4.78 is 32.2. The van der Waals surface area contributed by atoms with E-state index in [1.165, 1.54) is 0 Å². The summed E-state index contributed by atoms with van der Waals surface area (Å²) in [5, 5.41) is 0. The van der Waals surface area contributed by atoms with E-state index in [0.29, 0.717) is 12.0 Å². The highest BCUT2D eigenvalue weighted by Crippen LogP contribution is 2.66. The summed E-state index contributed by atoms with van der Waals surface area (Å²) >= 11 is 0. The standard InChI is InChI=1S/C17H20O4S/c1-16(2)14-8-9-17(16,11-22(19,20)21)15(18)13(14)10-12-6-4-3-5-7-12/h3-7,10,14H,8-9,11H2,1-2H3,(H,19,20,21)/b13-10+/t14?,17-/m0/s1. The SMILES string of the molecule is CC1(C)C2CC[C@]1(CS(=O)(=O)O)C(=O)/C2=C/c1ccccc1. The summed E-state index contributed by atoms with van der Waals surface area (Å²) in [6.45, 7) is 3.89. The zero-order chi connectivity index (χ0) is 16.2. The molecule has 2 bridgehead atoms. The Morgan fingerprint density at radius 2 is 1.91 bits per heavy atom. The molecule has 2 atom stereocenters. The van der Waals surface area contributed by atoms with E-state index in [4.69, 9.17) is 0 Å². The van der Waals surface area contributed by atoms with E-state index in [2.05, 4.69) is 0 Å². The van der Waals surface area contributed by atoms with Gasteiger partial charge in [-0.1, -0.05) is 44.2 Å². The zero-order valence-electron chi connectivity index (χ0n) is 12.7. The molecule has 4 nitrogen and oxygen atoms in total. The van der Waals surface area contributed by atoms with E-state index >= 15 is 0 Å². The Morgan fingerprint density at radius 1 is 1.27 bits per heavy atom. The highest BCUT2D eigenvalue weighted by atomic mass is 32.2. The van der Waals surface area contributed by atoms with E-state index in [1.807, 2.05) is 50.3 Å². The number of carbonyl (C=O) groups excluding carboxylic acids is 1. The Labute approximate surface area is 131 Å². The number of Topliss-reactive ketones (excluding diaryl/α,β-unsaturated/α-hetero) is 1. The Hall–Kier alpha value is -1.46. The summed E-state index contributed by atoms with van der Waals surface area (Å²) in [6.07, 6.45) is 3.18. The molecule has 3 rings (SSSR count). The van der Waals surface area contributed by atoms with Crippen LogP contribution in [0.4, 0.5) is 0 Å². The third kappa shape index (κ3) is 2.15. The molecular weight excluding hydrogens is 300 g/mol. The van der Waals surface area contributed by atoms with Crippen LogP contribution >= 0.6 is 0 Å². The van der Waals surface area contributed by atoms with Crippen LogP contribution in [0.5, 0.6) is 0 Å². The van der Waals surface area contributed by atoms with Crippen molar-refractivity contribution in [3.8, 4) is 0 Å². The van der Waals surface area contributed by atoms with Gasteiger partial charge >= 0.3 is 0 Å². The van der Waals surface area contributed by atoms with Gasteiger partial charge in [0.15, 0.2) is 5.78 Å². The fourth-order valence-corrected chi connectivity index (χ4v) is 5.59. The van der Waals surface area contributed by atoms with Gasteiger partial charge in [0.25, 0.3) is 10.1 Å². The van der Waals surface area contributed by atoms with Crippen LogP contribution in [0.2, 0.25) is 0 Å². The van der Waals surface area contributed by atoms with E-state index in [-0.39, 0.29) is 11.7 Å². The van der Waals surface area contributed by atoms with E-state index < -0.39 is 26.7 Å². The molecule has 2 aliphatic rings. The molecule has 0 amide bonds. The van der Waals surface area contributed by atoms with Crippen molar-refractivity contribution < 1.29 is 17.8 Å². The van der Waals surface area contributed by atoms with Crippen LogP contribution in [-0.4, -0.2) is 24.5 Å². The van der Waals surface area contributed by atoms with Gasteiger partial charge in [-0.3, -0.25) is 9.35 Å². The van der Waals surface area contributed by atoms with Gasteiger partial charge in [-0.25, -0.2) is 0 Å². The maximum atomic E-state index is 12.9. The summed E-state index contributed by atoms with van der Waals surface area (Å²) in [4.78, 5) is 12.9. The number of allylic oxidation sites excluding steroid dienone is 1. The van der Waals surface area contributed by atoms with E-state index in [9.17, 15) is 17.8 Å². The van der Waals surface area contributed by atoms with Crippen LogP contribution in [-0.2, 0) is 14.9 Å². The first-order valence-corrected chi connectivity index (χ1v) is 9.05. The van der Waals surface area contributed by atoms with E-state index in [0.717, 1.165) is 12.0 Å². The second kappa shape index (κ2) is 4.77. The lowest BCUT2D eigenvalue weighted by Crippen LogP contribution is -2.42. The first-order valence-electron chi connectivity index (χ1n) is 7.44. The van der Waals surface area contributed by atoms with Crippen molar-refractivity contribution in [3.05, 3.63) is 41.5 Å². The summed E-state index contributed by atoms with van der Waals surface area (Å²) in [7, 11) is -4.20. The fraction of sp³-hybridized carbons (Fsp3) is 0.471. The molecule has 0 aromatic heterocycles. The molecule has 0 radical (unpaired) electrons. The Morgan fingerprint density at radius 3 is 2.50 bits per heavy atom. The minimum Gasteiger partial charge on any atom is -0.294 e. The van der Waals surface area contributed by atoms with Gasteiger partial charge in [0.05, 0.1) is 11.2 Å². The smallest absolute Gasteiger partial charge is 0.265 e. The van der Waals surface area contributed by atoms with Crippen LogP contribution in [0, 0.1) is 16.7 Å². The monoisotopic (exact) mass is 320 g/mol. The molecule has 0 heterocycles. The fourth-order valence-electron chi connectivity index (χ4n) is 4.32. The van der Waals surface area contributed by atoms with Gasteiger partial charge in [0.2, 0.25) is 0 Å². The summed E-state index contributed by atoms with van der Waals surface area (Å²) in [5.41, 5.74) is 0.189. The van der Waals surface area contributed by atoms with Gasteiger partial charge in [-0.2, -0.15) is 8.42 Å². The molecule has 1 N–H and O–H groups in total. The van der Waals surface area contributed by atoms with Crippen molar-refractivity contribution in [2.24, 2.45) is 16.7 Å². The molecule has 118 valence electrons. The molecule has 0 aliphatic heterocycles. The predicted octanol–water partition coefficient (Wildman–Crippen LogP) is 2.96. The number of hydrogen-bond acceptors (Lipinski definition) is 3. The van der Waals surface area contributed by atoms with Crippen molar-refractivity contribution in [2.75, 3.05) is 5.75 Å². The van der Waals surface area contributed by atoms with Gasteiger partial charge in [0.1, 0.15) is 0 Å². The largest absolute Gasteiger partial charge is 0.294 e. The Kier molecular flexibility index (Phi) is 3.34. The first kappa shape index (κ1) is 15.4. The average molecular weight is 320 g/mol. The number of ketones is 1. The molecular formula is C17H20O4S. The predicted molar refractivity (Wildman–Crippen MR) is 84.8 cm³/mol. The molecule has 1 aromatic carbocycles. The number of fused-ring (bicyclic) bond motifs is 2. The highest BCUT2D eigenvalue weighted by Gasteiger charge is 2.67. The van der Waals surface area contributed by atoms with Crippen molar-refractivity contribution in [1.29, 1.82) is 0 Å². The minimum absolute atomic E-state index is 0.0435. The van der Waals surface area contributed by atoms with Crippen molar-refractivity contribution in [1.82, 2.24) is 0 Å². The lowest BCUT2D eigenvalue weighted by Gasteiger charge is -2.34. The molecule has 1 unspecified atom stereocenters. The van der Waals surface area contributed by atoms with Gasteiger partial charge < -0.3 is 0 Å². The Balaban J connectivity index is 2.09. The highest BCUT2D eigenvalue weighted by molar-refractivity contribution is 7.85. The normalized spacial score (nSPS) is 31.9. The van der Waals surface area contributed by atoms with Crippen LogP contribution in [0.15, 0.2) is 35.9 Å². The van der Waals surface area contributed by atoms with Crippen LogP contribution < -0.4 is 0 Å². The van der Waals surface area contributed by atoms with Gasteiger partial charge in [-0.05, 0) is 35.8 Å². The molecule has 0 spiro atoms. The molecule has 1 aromatic rings. The third-order valence-corrected chi connectivity index (χ3v) is 6.44. The number of hydrogen-bond donors (Lipinski definition) is 1. The number of rotatable bonds is 3. The molecule has 5 heteroatoms. The minimum atomic E-state index is -4.20. The maximum absolute atomic E-state index is 12.9. The van der Waals surface area contributed by atoms with Crippen LogP contribution in [0.1, 0.15) is 32.3 Å². The topological polar surface area (TPSA) is 71.4 Å². The second-order valence-corrected chi connectivity index (χ2v) is 8.41. The zero-order valence-corrected chi connectivity index (χ0v) is 13.6. The lowest BCUT2D eigenvalue weighted by molar-refractivity contribution is -0.125. The maximum Gasteiger partial charge on any atom is 0.265 e. The van der Waals surface area contributed by atoms with Gasteiger partial charge in [-0.15, -0.1) is 0 Å². The molecule has 2 saturated carbocycles. The summed E-state index contributed by atoms with van der Waals surface area (Å²) in [5.74, 6) is -0.550. The lowest BCUT2D eigenvalue weighted by atomic mass is 9.70. The second-order valence-electron chi connectivity index (χ2n) is 6.96. The third-order valence-electron chi connectivity index (χ3n) is 5.59. The van der Waals surface area contributed by atoms with Crippen molar-refractivity contribution in [2.45, 2.75) is 26.7 Å². The molecule has 2 aliphatic carbocycles. The first-order chi connectivity index (χ1) is 10.2. The average Bonchev–Trinajstić information content (AvgIpc) is 2.73. The van der Waals surface area contributed by atoms with E-state index in [1.54, 1.807) is 0 Å². The molecule has 2 fully saturated rings. The van der Waals surface area contributed by atoms with Crippen molar-refractivity contribution in [3.63, 3.8) is 0 Å².